The van der Waals surface area contributed by atoms with Crippen molar-refractivity contribution >= 4 is 22.8 Å². The highest BCUT2D eigenvalue weighted by molar-refractivity contribution is 5.90. The Labute approximate surface area is 191 Å². The van der Waals surface area contributed by atoms with E-state index in [1.165, 1.54) is 12.8 Å². The second-order valence-corrected chi connectivity index (χ2v) is 9.86. The molecular weight excluding hydrogens is 420 g/mol. The summed E-state index contributed by atoms with van der Waals surface area (Å²) >= 11 is 0. The van der Waals surface area contributed by atoms with Crippen molar-refractivity contribution in [2.75, 3.05) is 19.6 Å². The average molecular weight is 449 g/mol. The van der Waals surface area contributed by atoms with Gasteiger partial charge in [0.25, 0.3) is 5.91 Å². The molecule has 2 fully saturated rings. The molecule has 0 bridgehead atoms. The number of amides is 2. The third-order valence-corrected chi connectivity index (χ3v) is 7.59. The third-order valence-electron chi connectivity index (χ3n) is 7.59. The van der Waals surface area contributed by atoms with Crippen LogP contribution in [0.25, 0.3) is 11.0 Å². The van der Waals surface area contributed by atoms with Gasteiger partial charge >= 0.3 is 0 Å². The topological polar surface area (TPSA) is 106 Å². The predicted octanol–water partition coefficient (Wildman–Crippen LogP) is 2.36. The van der Waals surface area contributed by atoms with Gasteiger partial charge in [-0.25, -0.2) is 0 Å². The van der Waals surface area contributed by atoms with Crippen LogP contribution in [0.15, 0.2) is 28.8 Å². The van der Waals surface area contributed by atoms with E-state index < -0.39 is 0 Å². The van der Waals surface area contributed by atoms with Crippen LogP contribution in [0.3, 0.4) is 0 Å². The van der Waals surface area contributed by atoms with Gasteiger partial charge in [-0.3, -0.25) is 9.59 Å². The molecule has 0 radical (unpaired) electrons. The molecule has 6 rings (SSSR count). The van der Waals surface area contributed by atoms with Crippen LogP contribution in [0.2, 0.25) is 0 Å². The van der Waals surface area contributed by atoms with Gasteiger partial charge < -0.3 is 19.3 Å². The number of nitrogens with one attached hydrogen (secondary N) is 1. The molecule has 172 valence electrons. The number of carbonyl (C=O) groups excluding carboxylic acids is 2. The van der Waals surface area contributed by atoms with Crippen molar-refractivity contribution in [3.63, 3.8) is 0 Å². The molecule has 1 aromatic carbocycles. The molecule has 33 heavy (non-hydrogen) atoms. The summed E-state index contributed by atoms with van der Waals surface area (Å²) in [6, 6.07) is 7.64. The average Bonchev–Trinajstić information content (AvgIpc) is 3.28. The zero-order valence-electron chi connectivity index (χ0n) is 18.6. The quantitative estimate of drug-likeness (QED) is 0.642. The van der Waals surface area contributed by atoms with Crippen molar-refractivity contribution in [2.24, 2.45) is 11.3 Å². The third kappa shape index (κ3) is 3.89. The fraction of sp³-hybridized carbons (Fsp3) is 0.542. The predicted molar refractivity (Wildman–Crippen MR) is 119 cm³/mol. The summed E-state index contributed by atoms with van der Waals surface area (Å²) in [5.41, 5.74) is 1.47. The molecule has 9 heteroatoms. The summed E-state index contributed by atoms with van der Waals surface area (Å²) in [6.07, 6.45) is 6.26. The summed E-state index contributed by atoms with van der Waals surface area (Å²) < 4.78 is 7.35. The van der Waals surface area contributed by atoms with Crippen LogP contribution in [-0.2, 0) is 24.2 Å². The summed E-state index contributed by atoms with van der Waals surface area (Å²) in [6.45, 7) is 2.93. The molecule has 2 aliphatic heterocycles. The number of aromatic nitrogens is 4. The summed E-state index contributed by atoms with van der Waals surface area (Å²) in [5.74, 6) is 1.89. The Morgan fingerprint density at radius 3 is 2.85 bits per heavy atom. The van der Waals surface area contributed by atoms with Gasteiger partial charge in [0, 0.05) is 38.0 Å². The van der Waals surface area contributed by atoms with E-state index in [1.54, 1.807) is 0 Å². The number of benzene rings is 1. The maximum absolute atomic E-state index is 13.1. The van der Waals surface area contributed by atoms with E-state index in [2.05, 4.69) is 20.7 Å². The van der Waals surface area contributed by atoms with Crippen LogP contribution in [0.5, 0.6) is 0 Å². The number of rotatable bonds is 5. The lowest BCUT2D eigenvalue weighted by Crippen LogP contribution is -2.33. The van der Waals surface area contributed by atoms with Gasteiger partial charge in [-0.1, -0.05) is 17.3 Å². The number of para-hydroxylation sites is 1. The number of hydrogen-bond donors (Lipinski definition) is 1. The largest absolute Gasteiger partial charge is 0.356 e. The highest BCUT2D eigenvalue weighted by atomic mass is 16.5. The van der Waals surface area contributed by atoms with Crippen LogP contribution < -0.4 is 5.32 Å². The van der Waals surface area contributed by atoms with Crippen molar-refractivity contribution in [2.45, 2.75) is 51.5 Å². The molecule has 1 unspecified atom stereocenters. The van der Waals surface area contributed by atoms with E-state index in [0.29, 0.717) is 29.6 Å². The Morgan fingerprint density at radius 1 is 1.12 bits per heavy atom. The Bertz CT molecular complexity index is 1210. The van der Waals surface area contributed by atoms with Gasteiger partial charge in [-0.05, 0) is 55.6 Å². The molecule has 9 nitrogen and oxygen atoms in total. The first-order chi connectivity index (χ1) is 16.1. The van der Waals surface area contributed by atoms with E-state index in [-0.39, 0.29) is 23.7 Å². The van der Waals surface area contributed by atoms with Crippen molar-refractivity contribution in [3.8, 4) is 0 Å². The van der Waals surface area contributed by atoms with Gasteiger partial charge in [0.05, 0.1) is 6.42 Å². The standard InChI is InChI=1S/C24H28N6O3/c31-21(13-18-17-3-1-2-4-19(17)33-28-18)29-11-9-24(15-29)8-7-20-26-27-22(30(20)12-10-24)23(32)25-14-16-5-6-16/h1-4,16H,5-15H2,(H,25,32). The first-order valence-electron chi connectivity index (χ1n) is 11.9. The number of hydrogen-bond acceptors (Lipinski definition) is 6. The van der Waals surface area contributed by atoms with Crippen LogP contribution in [0.1, 0.15) is 54.2 Å². The smallest absolute Gasteiger partial charge is 0.289 e. The molecular formula is C24H28N6O3. The zero-order chi connectivity index (χ0) is 22.4. The number of fused-ring (bicyclic) bond motifs is 2. The monoisotopic (exact) mass is 448 g/mol. The minimum absolute atomic E-state index is 0.0595. The van der Waals surface area contributed by atoms with E-state index in [1.807, 2.05) is 33.7 Å². The second-order valence-electron chi connectivity index (χ2n) is 9.86. The molecule has 1 aliphatic carbocycles. The fourth-order valence-corrected chi connectivity index (χ4v) is 5.29. The van der Waals surface area contributed by atoms with Crippen molar-refractivity contribution in [3.05, 3.63) is 41.6 Å². The number of aryl methyl sites for hydroxylation is 1. The lowest BCUT2D eigenvalue weighted by molar-refractivity contribution is -0.130. The summed E-state index contributed by atoms with van der Waals surface area (Å²) in [5, 5.41) is 16.5. The summed E-state index contributed by atoms with van der Waals surface area (Å²) in [4.78, 5) is 27.7. The lowest BCUT2D eigenvalue weighted by Gasteiger charge is -2.27. The van der Waals surface area contributed by atoms with Crippen LogP contribution in [-0.4, -0.2) is 56.3 Å². The van der Waals surface area contributed by atoms with Gasteiger partial charge in [-0.2, -0.15) is 0 Å². The Kier molecular flexibility index (Phi) is 4.92. The molecule has 2 amide bonds. The van der Waals surface area contributed by atoms with E-state index in [0.717, 1.165) is 56.5 Å². The fourth-order valence-electron chi connectivity index (χ4n) is 5.29. The molecule has 1 atom stereocenters. The van der Waals surface area contributed by atoms with E-state index in [9.17, 15) is 9.59 Å². The maximum atomic E-state index is 13.1. The van der Waals surface area contributed by atoms with Crippen LogP contribution in [0.4, 0.5) is 0 Å². The molecule has 2 aromatic heterocycles. The lowest BCUT2D eigenvalue weighted by atomic mass is 9.80. The van der Waals surface area contributed by atoms with Crippen LogP contribution in [0, 0.1) is 11.3 Å². The maximum Gasteiger partial charge on any atom is 0.289 e. The molecule has 1 spiro atoms. The molecule has 3 aliphatic rings. The number of carbonyl (C=O) groups is 2. The molecule has 4 heterocycles. The van der Waals surface area contributed by atoms with Crippen LogP contribution >= 0.6 is 0 Å². The first kappa shape index (κ1) is 20.4. The highest BCUT2D eigenvalue weighted by Gasteiger charge is 2.41. The van der Waals surface area contributed by atoms with E-state index in [4.69, 9.17) is 4.52 Å². The number of likely N-dealkylation sites (tertiary alicyclic amines) is 1. The first-order valence-corrected chi connectivity index (χ1v) is 11.9. The molecule has 1 saturated heterocycles. The van der Waals surface area contributed by atoms with Crippen molar-refractivity contribution in [1.82, 2.24) is 30.1 Å². The Hall–Kier alpha value is -3.23. The normalized spacial score (nSPS) is 22.5. The molecule has 1 N–H and O–H groups in total. The highest BCUT2D eigenvalue weighted by Crippen LogP contribution is 2.41. The minimum Gasteiger partial charge on any atom is -0.356 e. The van der Waals surface area contributed by atoms with Crippen molar-refractivity contribution < 1.29 is 14.1 Å². The minimum atomic E-state index is -0.125. The Morgan fingerprint density at radius 2 is 1.97 bits per heavy atom. The SMILES string of the molecule is O=C(NCC1CC1)c1nnc2n1CCC1(CC2)CCN(C(=O)Cc2noc3ccccc23)C1. The van der Waals surface area contributed by atoms with Gasteiger partial charge in [0.15, 0.2) is 5.58 Å². The second kappa shape index (κ2) is 7.97. The van der Waals surface area contributed by atoms with Gasteiger partial charge in [-0.15, -0.1) is 10.2 Å². The zero-order valence-corrected chi connectivity index (χ0v) is 18.6. The van der Waals surface area contributed by atoms with Gasteiger partial charge in [0.1, 0.15) is 11.5 Å². The summed E-state index contributed by atoms with van der Waals surface area (Å²) in [7, 11) is 0. The molecule has 3 aromatic rings. The number of nitrogens with zero attached hydrogens (tertiary/aromatic N) is 5. The van der Waals surface area contributed by atoms with Crippen molar-refractivity contribution in [1.29, 1.82) is 0 Å². The van der Waals surface area contributed by atoms with Gasteiger partial charge in [0.2, 0.25) is 11.7 Å². The molecule has 1 saturated carbocycles. The van der Waals surface area contributed by atoms with E-state index >= 15 is 0 Å². The Balaban J connectivity index is 1.11.